The summed E-state index contributed by atoms with van der Waals surface area (Å²) < 4.78 is 0. The number of amides is 1. The molecular weight excluding hydrogens is 254 g/mol. The van der Waals surface area contributed by atoms with E-state index in [2.05, 4.69) is 26.1 Å². The number of hydrogen-bond donors (Lipinski definition) is 2. The largest absolute Gasteiger partial charge is 0.481 e. The molecule has 116 valence electrons. The lowest BCUT2D eigenvalue weighted by molar-refractivity contribution is -0.151. The van der Waals surface area contributed by atoms with Crippen LogP contribution in [0.2, 0.25) is 0 Å². The third-order valence-electron chi connectivity index (χ3n) is 4.30. The Morgan fingerprint density at radius 2 is 1.75 bits per heavy atom. The summed E-state index contributed by atoms with van der Waals surface area (Å²) in [5.74, 6) is 0.167. The van der Waals surface area contributed by atoms with E-state index >= 15 is 0 Å². The predicted octanol–water partition coefficient (Wildman–Crippen LogP) is 3.21. The van der Waals surface area contributed by atoms with Crippen LogP contribution < -0.4 is 5.32 Å². The fourth-order valence-electron chi connectivity index (χ4n) is 3.24. The molecule has 0 radical (unpaired) electrons. The molecule has 1 amide bonds. The van der Waals surface area contributed by atoms with E-state index in [9.17, 15) is 14.7 Å². The highest BCUT2D eigenvalue weighted by atomic mass is 16.4. The number of aliphatic carboxylic acids is 1. The molecule has 1 aliphatic carbocycles. The zero-order valence-electron chi connectivity index (χ0n) is 13.1. The van der Waals surface area contributed by atoms with Gasteiger partial charge in [0.25, 0.3) is 0 Å². The van der Waals surface area contributed by atoms with Gasteiger partial charge >= 0.3 is 5.97 Å². The van der Waals surface area contributed by atoms with Crippen LogP contribution in [0.25, 0.3) is 0 Å². The van der Waals surface area contributed by atoms with E-state index < -0.39 is 11.4 Å². The molecule has 0 aromatic rings. The quantitative estimate of drug-likeness (QED) is 0.754. The van der Waals surface area contributed by atoms with Crippen molar-refractivity contribution in [1.82, 2.24) is 5.32 Å². The van der Waals surface area contributed by atoms with Gasteiger partial charge in [0.2, 0.25) is 5.91 Å². The summed E-state index contributed by atoms with van der Waals surface area (Å²) in [5.41, 5.74) is -0.727. The van der Waals surface area contributed by atoms with Gasteiger partial charge in [-0.1, -0.05) is 40.0 Å². The van der Waals surface area contributed by atoms with Crippen molar-refractivity contribution in [2.75, 3.05) is 6.54 Å². The lowest BCUT2D eigenvalue weighted by Crippen LogP contribution is -2.44. The molecule has 0 bridgehead atoms. The first-order valence-corrected chi connectivity index (χ1v) is 7.86. The molecule has 0 aliphatic heterocycles. The van der Waals surface area contributed by atoms with Gasteiger partial charge < -0.3 is 10.4 Å². The molecule has 1 fully saturated rings. The van der Waals surface area contributed by atoms with Gasteiger partial charge in [-0.25, -0.2) is 0 Å². The normalized spacial score (nSPS) is 19.6. The van der Waals surface area contributed by atoms with Gasteiger partial charge in [-0.15, -0.1) is 0 Å². The van der Waals surface area contributed by atoms with Gasteiger partial charge in [-0.05, 0) is 31.1 Å². The van der Waals surface area contributed by atoms with E-state index in [0.29, 0.717) is 31.1 Å². The number of nitrogens with one attached hydrogen (secondary N) is 1. The molecule has 4 heteroatoms. The number of carboxylic acids is 1. The van der Waals surface area contributed by atoms with Gasteiger partial charge in [0, 0.05) is 13.0 Å². The van der Waals surface area contributed by atoms with Gasteiger partial charge in [0.1, 0.15) is 0 Å². The Morgan fingerprint density at radius 3 is 2.25 bits per heavy atom. The maximum atomic E-state index is 11.9. The second-order valence-electron chi connectivity index (χ2n) is 6.86. The second kappa shape index (κ2) is 7.65. The zero-order chi connectivity index (χ0) is 15.2. The minimum absolute atomic E-state index is 0.00986. The Kier molecular flexibility index (Phi) is 6.50. The van der Waals surface area contributed by atoms with Crippen LogP contribution in [0.4, 0.5) is 0 Å². The summed E-state index contributed by atoms with van der Waals surface area (Å²) in [6.07, 6.45) is 5.89. The first kappa shape index (κ1) is 17.0. The van der Waals surface area contributed by atoms with Crippen LogP contribution in [-0.2, 0) is 9.59 Å². The maximum Gasteiger partial charge on any atom is 0.311 e. The molecule has 2 N–H and O–H groups in total. The van der Waals surface area contributed by atoms with E-state index in [1.807, 2.05) is 0 Å². The van der Waals surface area contributed by atoms with Gasteiger partial charge in [0.05, 0.1) is 5.41 Å². The maximum absolute atomic E-state index is 11.9. The van der Waals surface area contributed by atoms with E-state index in [0.717, 1.165) is 25.7 Å². The Hall–Kier alpha value is -1.06. The molecule has 20 heavy (non-hydrogen) atoms. The van der Waals surface area contributed by atoms with E-state index in [-0.39, 0.29) is 12.5 Å². The number of hydrogen-bond acceptors (Lipinski definition) is 2. The molecule has 0 spiro atoms. The summed E-state index contributed by atoms with van der Waals surface area (Å²) in [6, 6.07) is 0. The van der Waals surface area contributed by atoms with Crippen molar-refractivity contribution in [3.05, 3.63) is 0 Å². The van der Waals surface area contributed by atoms with Crippen LogP contribution in [0.15, 0.2) is 0 Å². The standard InChI is InChI=1S/C16H29NO3/c1-12(2)9-13(3)10-14(18)17-11-16(15(19)20)7-5-4-6-8-16/h12-13H,4-11H2,1-3H3,(H,17,18)(H,19,20). The lowest BCUT2D eigenvalue weighted by atomic mass is 9.74. The van der Waals surface area contributed by atoms with Gasteiger partial charge in [0.15, 0.2) is 0 Å². The topological polar surface area (TPSA) is 66.4 Å². The number of rotatable bonds is 7. The van der Waals surface area contributed by atoms with Crippen LogP contribution in [0, 0.1) is 17.3 Å². The smallest absolute Gasteiger partial charge is 0.311 e. The Bertz CT molecular complexity index is 333. The SMILES string of the molecule is CC(C)CC(C)CC(=O)NCC1(C(=O)O)CCCCC1. The predicted molar refractivity (Wildman–Crippen MR) is 79.4 cm³/mol. The zero-order valence-corrected chi connectivity index (χ0v) is 13.1. The minimum atomic E-state index is -0.757. The third kappa shape index (κ3) is 5.14. The number of carboxylic acid groups (broad SMARTS) is 1. The van der Waals surface area contributed by atoms with Crippen molar-refractivity contribution >= 4 is 11.9 Å². The monoisotopic (exact) mass is 283 g/mol. The Labute approximate surface area is 122 Å². The molecule has 0 aromatic heterocycles. The highest BCUT2D eigenvalue weighted by Gasteiger charge is 2.39. The summed E-state index contributed by atoms with van der Waals surface area (Å²) in [6.45, 7) is 6.66. The summed E-state index contributed by atoms with van der Waals surface area (Å²) in [5, 5.41) is 12.3. The first-order chi connectivity index (χ1) is 9.35. The molecule has 1 unspecified atom stereocenters. The van der Waals surface area contributed by atoms with Crippen molar-refractivity contribution in [3.63, 3.8) is 0 Å². The van der Waals surface area contributed by atoms with Crippen molar-refractivity contribution < 1.29 is 14.7 Å². The Balaban J connectivity index is 2.43. The molecular formula is C16H29NO3. The van der Waals surface area contributed by atoms with Crippen LogP contribution in [0.3, 0.4) is 0 Å². The van der Waals surface area contributed by atoms with Gasteiger partial charge in [-0.2, -0.15) is 0 Å². The van der Waals surface area contributed by atoms with Crippen molar-refractivity contribution in [2.45, 2.75) is 65.7 Å². The average molecular weight is 283 g/mol. The van der Waals surface area contributed by atoms with Crippen molar-refractivity contribution in [1.29, 1.82) is 0 Å². The molecule has 1 rings (SSSR count). The van der Waals surface area contributed by atoms with E-state index in [4.69, 9.17) is 0 Å². The van der Waals surface area contributed by atoms with E-state index in [1.54, 1.807) is 0 Å². The first-order valence-electron chi connectivity index (χ1n) is 7.86. The molecule has 1 saturated carbocycles. The van der Waals surface area contributed by atoms with Crippen LogP contribution in [0.5, 0.6) is 0 Å². The van der Waals surface area contributed by atoms with Crippen LogP contribution in [-0.4, -0.2) is 23.5 Å². The average Bonchev–Trinajstić information content (AvgIpc) is 2.36. The summed E-state index contributed by atoms with van der Waals surface area (Å²) in [4.78, 5) is 23.4. The molecule has 0 saturated heterocycles. The number of carbonyl (C=O) groups is 2. The van der Waals surface area contributed by atoms with Gasteiger partial charge in [-0.3, -0.25) is 9.59 Å². The molecule has 4 nitrogen and oxygen atoms in total. The van der Waals surface area contributed by atoms with E-state index in [1.165, 1.54) is 0 Å². The lowest BCUT2D eigenvalue weighted by Gasteiger charge is -2.33. The van der Waals surface area contributed by atoms with Crippen molar-refractivity contribution in [2.24, 2.45) is 17.3 Å². The number of carbonyl (C=O) groups excluding carboxylic acids is 1. The summed E-state index contributed by atoms with van der Waals surface area (Å²) >= 11 is 0. The molecule has 0 aromatic carbocycles. The Morgan fingerprint density at radius 1 is 1.15 bits per heavy atom. The van der Waals surface area contributed by atoms with Crippen molar-refractivity contribution in [3.8, 4) is 0 Å². The highest BCUT2D eigenvalue weighted by molar-refractivity contribution is 5.79. The van der Waals surface area contributed by atoms with Crippen LogP contribution >= 0.6 is 0 Å². The minimum Gasteiger partial charge on any atom is -0.481 e. The summed E-state index contributed by atoms with van der Waals surface area (Å²) in [7, 11) is 0. The molecule has 1 aliphatic rings. The fraction of sp³-hybridized carbons (Fsp3) is 0.875. The molecule has 0 heterocycles. The second-order valence-corrected chi connectivity index (χ2v) is 6.86. The third-order valence-corrected chi connectivity index (χ3v) is 4.30. The fourth-order valence-corrected chi connectivity index (χ4v) is 3.24. The van der Waals surface area contributed by atoms with Crippen LogP contribution in [0.1, 0.15) is 65.7 Å². The highest BCUT2D eigenvalue weighted by Crippen LogP contribution is 2.36. The molecule has 1 atom stereocenters.